The van der Waals surface area contributed by atoms with Gasteiger partial charge in [-0.05, 0) is 19.1 Å². The van der Waals surface area contributed by atoms with Crippen molar-refractivity contribution in [1.29, 1.82) is 0 Å². The number of rotatable bonds is 3. The summed E-state index contributed by atoms with van der Waals surface area (Å²) in [5.74, 6) is -0.506. The maximum atomic E-state index is 11.1. The average Bonchev–Trinajstić information content (AvgIpc) is 2.71. The van der Waals surface area contributed by atoms with E-state index in [4.69, 9.17) is 4.42 Å². The Hall–Kier alpha value is -1.82. The number of carbonyl (C=O) groups excluding carboxylic acids is 2. The van der Waals surface area contributed by atoms with E-state index in [1.54, 1.807) is 19.1 Å². The second kappa shape index (κ2) is 5.32. The van der Waals surface area contributed by atoms with E-state index in [0.717, 1.165) is 0 Å². The molecule has 0 radical (unpaired) electrons. The largest absolute Gasteiger partial charge is 0.464 e. The van der Waals surface area contributed by atoms with E-state index in [1.165, 1.54) is 7.05 Å². The molecule has 0 aliphatic heterocycles. The monoisotopic (exact) mass is 226 g/mol. The van der Waals surface area contributed by atoms with Crippen molar-refractivity contribution in [2.75, 3.05) is 13.6 Å². The van der Waals surface area contributed by atoms with Gasteiger partial charge in [0.25, 0.3) is 0 Å². The van der Waals surface area contributed by atoms with Crippen LogP contribution in [0.15, 0.2) is 16.5 Å². The first-order chi connectivity index (χ1) is 7.54. The van der Waals surface area contributed by atoms with Crippen LogP contribution in [0.4, 0.5) is 0 Å². The van der Waals surface area contributed by atoms with Crippen molar-refractivity contribution in [2.45, 2.75) is 13.0 Å². The van der Waals surface area contributed by atoms with E-state index in [2.05, 4.69) is 10.6 Å². The van der Waals surface area contributed by atoms with Gasteiger partial charge in [-0.15, -0.1) is 0 Å². The van der Waals surface area contributed by atoms with Crippen LogP contribution in [0.5, 0.6) is 0 Å². The third kappa shape index (κ3) is 3.09. The number of hydrogen-bond donors (Lipinski definition) is 3. The van der Waals surface area contributed by atoms with E-state index in [9.17, 15) is 14.7 Å². The van der Waals surface area contributed by atoms with Gasteiger partial charge in [0, 0.05) is 7.05 Å². The van der Waals surface area contributed by atoms with Gasteiger partial charge in [-0.3, -0.25) is 9.59 Å². The summed E-state index contributed by atoms with van der Waals surface area (Å²) >= 11 is 0. The van der Waals surface area contributed by atoms with Crippen LogP contribution >= 0.6 is 0 Å². The molecule has 0 fully saturated rings. The Bertz CT molecular complexity index is 386. The number of nitrogens with one attached hydrogen (secondary N) is 2. The van der Waals surface area contributed by atoms with Gasteiger partial charge in [-0.2, -0.15) is 0 Å². The van der Waals surface area contributed by atoms with Crippen LogP contribution in [0.1, 0.15) is 17.6 Å². The van der Waals surface area contributed by atoms with E-state index in [-0.39, 0.29) is 6.54 Å². The van der Waals surface area contributed by atoms with Gasteiger partial charge in [0.1, 0.15) is 17.6 Å². The minimum absolute atomic E-state index is 0.0702. The number of furan rings is 1. The summed E-state index contributed by atoms with van der Waals surface area (Å²) in [4.78, 5) is 21.9. The first-order valence-corrected chi connectivity index (χ1v) is 4.79. The first-order valence-electron chi connectivity index (χ1n) is 4.79. The summed E-state index contributed by atoms with van der Waals surface area (Å²) in [6, 6.07) is 3.32. The van der Waals surface area contributed by atoms with Crippen LogP contribution in [0.3, 0.4) is 0 Å². The molecule has 6 heteroatoms. The van der Waals surface area contributed by atoms with Gasteiger partial charge >= 0.3 is 11.8 Å². The number of aliphatic hydroxyl groups excluding tert-OH is 1. The minimum atomic E-state index is -0.956. The lowest BCUT2D eigenvalue weighted by Gasteiger charge is -2.08. The van der Waals surface area contributed by atoms with Gasteiger partial charge in [0.05, 0.1) is 6.54 Å². The quantitative estimate of drug-likeness (QED) is 0.605. The average molecular weight is 226 g/mol. The molecule has 0 saturated heterocycles. The van der Waals surface area contributed by atoms with Crippen molar-refractivity contribution >= 4 is 11.8 Å². The maximum absolute atomic E-state index is 11.1. The Morgan fingerprint density at radius 2 is 2.12 bits per heavy atom. The standard InChI is InChI=1S/C10H14N2O4/c1-6-3-4-8(16-6)7(13)5-12-10(15)9(14)11-2/h3-4,7,13H,5H2,1-2H3,(H,11,14)(H,12,15). The Kier molecular flexibility index (Phi) is 4.07. The molecule has 16 heavy (non-hydrogen) atoms. The molecule has 1 rings (SSSR count). The van der Waals surface area contributed by atoms with Crippen molar-refractivity contribution in [3.05, 3.63) is 23.7 Å². The fourth-order valence-corrected chi connectivity index (χ4v) is 1.12. The molecule has 0 aliphatic carbocycles. The van der Waals surface area contributed by atoms with E-state index >= 15 is 0 Å². The summed E-state index contributed by atoms with van der Waals surface area (Å²) in [5.41, 5.74) is 0. The molecule has 1 unspecified atom stereocenters. The summed E-state index contributed by atoms with van der Waals surface area (Å²) in [7, 11) is 1.36. The molecule has 0 bridgehead atoms. The van der Waals surface area contributed by atoms with Gasteiger partial charge in [-0.1, -0.05) is 0 Å². The van der Waals surface area contributed by atoms with Gasteiger partial charge < -0.3 is 20.2 Å². The smallest absolute Gasteiger partial charge is 0.309 e. The molecule has 0 aliphatic rings. The fraction of sp³-hybridized carbons (Fsp3) is 0.400. The fourth-order valence-electron chi connectivity index (χ4n) is 1.12. The highest BCUT2D eigenvalue weighted by atomic mass is 16.4. The zero-order valence-corrected chi connectivity index (χ0v) is 9.11. The molecular weight excluding hydrogens is 212 g/mol. The zero-order chi connectivity index (χ0) is 12.1. The number of likely N-dealkylation sites (N-methyl/N-ethyl adjacent to an activating group) is 1. The van der Waals surface area contributed by atoms with Crippen LogP contribution in [0, 0.1) is 6.92 Å². The van der Waals surface area contributed by atoms with Crippen molar-refractivity contribution in [3.63, 3.8) is 0 Å². The second-order valence-electron chi connectivity index (χ2n) is 3.25. The van der Waals surface area contributed by atoms with Crippen LogP contribution in [-0.4, -0.2) is 30.5 Å². The maximum Gasteiger partial charge on any atom is 0.309 e. The predicted molar refractivity (Wildman–Crippen MR) is 55.5 cm³/mol. The number of carbonyl (C=O) groups is 2. The summed E-state index contributed by atoms with van der Waals surface area (Å²) in [6.45, 7) is 1.68. The van der Waals surface area contributed by atoms with Gasteiger partial charge in [0.2, 0.25) is 0 Å². The lowest BCUT2D eigenvalue weighted by atomic mass is 10.2. The highest BCUT2D eigenvalue weighted by Crippen LogP contribution is 2.14. The third-order valence-electron chi connectivity index (χ3n) is 1.98. The molecule has 3 N–H and O–H groups in total. The van der Waals surface area contributed by atoms with Gasteiger partial charge in [-0.25, -0.2) is 0 Å². The zero-order valence-electron chi connectivity index (χ0n) is 9.11. The number of aliphatic hydroxyl groups is 1. The van der Waals surface area contributed by atoms with Crippen LogP contribution in [0.2, 0.25) is 0 Å². The molecule has 1 aromatic heterocycles. The van der Waals surface area contributed by atoms with Crippen molar-refractivity contribution in [1.82, 2.24) is 10.6 Å². The molecular formula is C10H14N2O4. The Labute approximate surface area is 92.6 Å². The number of hydrogen-bond acceptors (Lipinski definition) is 4. The lowest BCUT2D eigenvalue weighted by Crippen LogP contribution is -2.39. The molecule has 1 atom stereocenters. The Morgan fingerprint density at radius 3 is 2.62 bits per heavy atom. The van der Waals surface area contributed by atoms with Crippen LogP contribution in [0.25, 0.3) is 0 Å². The summed E-state index contributed by atoms with van der Waals surface area (Å²) < 4.78 is 5.16. The van der Waals surface area contributed by atoms with E-state index in [1.807, 2.05) is 0 Å². The van der Waals surface area contributed by atoms with Crippen molar-refractivity contribution < 1.29 is 19.1 Å². The Morgan fingerprint density at radius 1 is 1.44 bits per heavy atom. The molecule has 1 aromatic rings. The molecule has 2 amide bonds. The van der Waals surface area contributed by atoms with E-state index in [0.29, 0.717) is 11.5 Å². The normalized spacial score (nSPS) is 11.9. The number of aryl methyl sites for hydroxylation is 1. The SMILES string of the molecule is CNC(=O)C(=O)NCC(O)c1ccc(C)o1. The lowest BCUT2D eigenvalue weighted by molar-refractivity contribution is -0.139. The molecule has 0 saturated carbocycles. The molecule has 1 heterocycles. The molecule has 88 valence electrons. The number of amides is 2. The minimum Gasteiger partial charge on any atom is -0.464 e. The van der Waals surface area contributed by atoms with Crippen molar-refractivity contribution in [3.8, 4) is 0 Å². The summed E-state index contributed by atoms with van der Waals surface area (Å²) in [5, 5.41) is 14.1. The topological polar surface area (TPSA) is 91.6 Å². The molecule has 0 spiro atoms. The van der Waals surface area contributed by atoms with Crippen molar-refractivity contribution in [2.24, 2.45) is 0 Å². The van der Waals surface area contributed by atoms with Crippen LogP contribution in [-0.2, 0) is 9.59 Å². The molecule has 0 aromatic carbocycles. The van der Waals surface area contributed by atoms with Gasteiger partial charge in [0.15, 0.2) is 0 Å². The molecule has 6 nitrogen and oxygen atoms in total. The van der Waals surface area contributed by atoms with E-state index < -0.39 is 17.9 Å². The first kappa shape index (κ1) is 12.3. The predicted octanol–water partition coefficient (Wildman–Crippen LogP) is -0.516. The Balaban J connectivity index is 2.44. The third-order valence-corrected chi connectivity index (χ3v) is 1.98. The summed E-state index contributed by atoms with van der Waals surface area (Å²) in [6.07, 6.45) is -0.956. The second-order valence-corrected chi connectivity index (χ2v) is 3.25. The highest BCUT2D eigenvalue weighted by Gasteiger charge is 2.15. The highest BCUT2D eigenvalue weighted by molar-refractivity contribution is 6.34. The van der Waals surface area contributed by atoms with Crippen LogP contribution < -0.4 is 10.6 Å².